The maximum absolute atomic E-state index is 5.23. The first-order valence-electron chi connectivity index (χ1n) is 4.06. The van der Waals surface area contributed by atoms with E-state index in [0.717, 1.165) is 38.4 Å². The lowest BCUT2D eigenvalue weighted by Gasteiger charge is -2.19. The van der Waals surface area contributed by atoms with Gasteiger partial charge in [-0.1, -0.05) is 5.16 Å². The number of ether oxygens (including phenoxy) is 1. The van der Waals surface area contributed by atoms with E-state index in [4.69, 9.17) is 4.74 Å². The number of hydrogen-bond donors (Lipinski definition) is 0. The predicted octanol–water partition coefficient (Wildman–Crippen LogP) is 1.44. The molecule has 0 aromatic rings. The molecule has 0 aliphatic carbocycles. The minimum Gasteiger partial charge on any atom is -0.399 e. The van der Waals surface area contributed by atoms with Crippen LogP contribution in [-0.2, 0) is 9.57 Å². The summed E-state index contributed by atoms with van der Waals surface area (Å²) in [5.41, 5.74) is 0. The molecule has 64 valence electrons. The Balaban J connectivity index is 2.09. The molecule has 0 radical (unpaired) electrons. The molecule has 1 aliphatic heterocycles. The summed E-state index contributed by atoms with van der Waals surface area (Å²) >= 11 is 0. The molecule has 0 amide bonds. The Bertz CT molecular complexity index is 119. The summed E-state index contributed by atoms with van der Waals surface area (Å²) in [7, 11) is 1.57. The first-order valence-corrected chi connectivity index (χ1v) is 4.06. The Morgan fingerprint density at radius 1 is 1.55 bits per heavy atom. The van der Waals surface area contributed by atoms with E-state index >= 15 is 0 Å². The molecule has 0 spiro atoms. The van der Waals surface area contributed by atoms with Gasteiger partial charge in [0.2, 0.25) is 0 Å². The Morgan fingerprint density at radius 3 is 2.91 bits per heavy atom. The Hall–Kier alpha value is -0.570. The van der Waals surface area contributed by atoms with E-state index in [1.807, 2.05) is 6.21 Å². The molecule has 0 unspecified atom stereocenters. The first-order chi connectivity index (χ1) is 5.43. The van der Waals surface area contributed by atoms with Crippen molar-refractivity contribution in [2.24, 2.45) is 11.1 Å². The molecule has 0 bridgehead atoms. The van der Waals surface area contributed by atoms with Crippen molar-refractivity contribution in [2.75, 3.05) is 20.3 Å². The van der Waals surface area contributed by atoms with Gasteiger partial charge in [-0.05, 0) is 25.2 Å². The Morgan fingerprint density at radius 2 is 2.27 bits per heavy atom. The summed E-state index contributed by atoms with van der Waals surface area (Å²) in [6.45, 7) is 1.82. The third-order valence-electron chi connectivity index (χ3n) is 1.96. The summed E-state index contributed by atoms with van der Waals surface area (Å²) in [6.07, 6.45) is 5.19. The average molecular weight is 157 g/mol. The van der Waals surface area contributed by atoms with Gasteiger partial charge in [-0.3, -0.25) is 0 Å². The summed E-state index contributed by atoms with van der Waals surface area (Å²) in [6, 6.07) is 0. The minimum atomic E-state index is 0.752. The van der Waals surface area contributed by atoms with E-state index in [1.54, 1.807) is 7.11 Å². The molecule has 1 heterocycles. The highest BCUT2D eigenvalue weighted by atomic mass is 16.6. The van der Waals surface area contributed by atoms with Crippen LogP contribution in [-0.4, -0.2) is 26.5 Å². The zero-order valence-electron chi connectivity index (χ0n) is 6.95. The van der Waals surface area contributed by atoms with Crippen molar-refractivity contribution in [3.05, 3.63) is 0 Å². The molecule has 1 rings (SSSR count). The fraction of sp³-hybridized carbons (Fsp3) is 0.875. The summed E-state index contributed by atoms with van der Waals surface area (Å²) < 4.78 is 5.23. The average Bonchev–Trinajstić information content (AvgIpc) is 2.07. The van der Waals surface area contributed by atoms with Gasteiger partial charge in [0.25, 0.3) is 0 Å². The van der Waals surface area contributed by atoms with Gasteiger partial charge in [-0.25, -0.2) is 0 Å². The van der Waals surface area contributed by atoms with E-state index in [2.05, 4.69) is 9.99 Å². The van der Waals surface area contributed by atoms with E-state index < -0.39 is 0 Å². The summed E-state index contributed by atoms with van der Waals surface area (Å²) in [5, 5.41) is 3.70. The van der Waals surface area contributed by atoms with Crippen molar-refractivity contribution < 1.29 is 9.57 Å². The monoisotopic (exact) mass is 157 g/mol. The van der Waals surface area contributed by atoms with Crippen molar-refractivity contribution in [3.63, 3.8) is 0 Å². The highest BCUT2D eigenvalue weighted by molar-refractivity contribution is 5.56. The first kappa shape index (κ1) is 8.53. The van der Waals surface area contributed by atoms with Crippen molar-refractivity contribution in [1.82, 2.24) is 0 Å². The number of rotatable bonds is 3. The van der Waals surface area contributed by atoms with Crippen molar-refractivity contribution in [3.8, 4) is 0 Å². The van der Waals surface area contributed by atoms with Crippen LogP contribution in [0.4, 0.5) is 0 Å². The van der Waals surface area contributed by atoms with Crippen molar-refractivity contribution in [1.29, 1.82) is 0 Å². The lowest BCUT2D eigenvalue weighted by Crippen LogP contribution is -2.15. The molecule has 0 aromatic heterocycles. The second-order valence-electron chi connectivity index (χ2n) is 2.76. The van der Waals surface area contributed by atoms with Gasteiger partial charge >= 0.3 is 0 Å². The Labute approximate surface area is 67.4 Å². The maximum atomic E-state index is 5.23. The lowest BCUT2D eigenvalue weighted by atomic mass is 9.97. The second-order valence-corrected chi connectivity index (χ2v) is 2.76. The molecular formula is C8H15NO2. The van der Waals surface area contributed by atoms with Crippen LogP contribution >= 0.6 is 0 Å². The molecule has 1 saturated heterocycles. The van der Waals surface area contributed by atoms with E-state index in [1.165, 1.54) is 0 Å². The molecule has 3 heteroatoms. The van der Waals surface area contributed by atoms with Crippen LogP contribution < -0.4 is 0 Å². The zero-order valence-corrected chi connectivity index (χ0v) is 6.95. The van der Waals surface area contributed by atoms with Crippen LogP contribution in [0.15, 0.2) is 5.16 Å². The van der Waals surface area contributed by atoms with Gasteiger partial charge in [-0.2, -0.15) is 0 Å². The van der Waals surface area contributed by atoms with E-state index in [0.29, 0.717) is 0 Å². The minimum absolute atomic E-state index is 0.752. The number of nitrogens with zero attached hydrogens (tertiary/aromatic N) is 1. The normalized spacial score (nSPS) is 20.8. The van der Waals surface area contributed by atoms with Crippen molar-refractivity contribution in [2.45, 2.75) is 19.3 Å². The standard InChI is InChI=1S/C8H15NO2/c1-10-9-5-2-8-3-6-11-7-4-8/h5,8H,2-4,6-7H2,1H3/b9-5+. The third-order valence-corrected chi connectivity index (χ3v) is 1.96. The zero-order chi connectivity index (χ0) is 7.94. The smallest absolute Gasteiger partial charge is 0.106 e. The molecule has 0 aromatic carbocycles. The van der Waals surface area contributed by atoms with Gasteiger partial charge in [0, 0.05) is 19.4 Å². The van der Waals surface area contributed by atoms with Crippen LogP contribution in [0.2, 0.25) is 0 Å². The molecule has 3 nitrogen and oxygen atoms in total. The van der Waals surface area contributed by atoms with Crippen LogP contribution in [0.1, 0.15) is 19.3 Å². The summed E-state index contributed by atoms with van der Waals surface area (Å²) in [4.78, 5) is 4.57. The largest absolute Gasteiger partial charge is 0.399 e. The number of hydrogen-bond acceptors (Lipinski definition) is 3. The van der Waals surface area contributed by atoms with Gasteiger partial charge in [0.15, 0.2) is 0 Å². The Kier molecular flexibility index (Phi) is 3.98. The van der Waals surface area contributed by atoms with Gasteiger partial charge < -0.3 is 9.57 Å². The SMILES string of the molecule is CO/N=C/CC1CCOCC1. The lowest BCUT2D eigenvalue weighted by molar-refractivity contribution is 0.0684. The molecule has 0 N–H and O–H groups in total. The van der Waals surface area contributed by atoms with Crippen LogP contribution in [0.3, 0.4) is 0 Å². The summed E-state index contributed by atoms with van der Waals surface area (Å²) in [5.74, 6) is 0.752. The van der Waals surface area contributed by atoms with Gasteiger partial charge in [-0.15, -0.1) is 0 Å². The maximum Gasteiger partial charge on any atom is 0.106 e. The van der Waals surface area contributed by atoms with Crippen LogP contribution in [0.5, 0.6) is 0 Å². The molecular weight excluding hydrogens is 142 g/mol. The van der Waals surface area contributed by atoms with E-state index in [9.17, 15) is 0 Å². The predicted molar refractivity (Wildman–Crippen MR) is 43.7 cm³/mol. The highest BCUT2D eigenvalue weighted by Crippen LogP contribution is 2.16. The second kappa shape index (κ2) is 5.13. The topological polar surface area (TPSA) is 30.8 Å². The van der Waals surface area contributed by atoms with Gasteiger partial charge in [0.05, 0.1) is 0 Å². The molecule has 0 saturated carbocycles. The molecule has 1 aliphatic rings. The van der Waals surface area contributed by atoms with Crippen LogP contribution in [0, 0.1) is 5.92 Å². The molecule has 0 atom stereocenters. The third kappa shape index (κ3) is 3.37. The van der Waals surface area contributed by atoms with E-state index in [-0.39, 0.29) is 0 Å². The molecule has 11 heavy (non-hydrogen) atoms. The fourth-order valence-electron chi connectivity index (χ4n) is 1.25. The number of oxime groups is 1. The highest BCUT2D eigenvalue weighted by Gasteiger charge is 2.11. The van der Waals surface area contributed by atoms with Gasteiger partial charge in [0.1, 0.15) is 7.11 Å². The van der Waals surface area contributed by atoms with Crippen LogP contribution in [0.25, 0.3) is 0 Å². The quantitative estimate of drug-likeness (QED) is 0.458. The molecule has 1 fully saturated rings. The fourth-order valence-corrected chi connectivity index (χ4v) is 1.25. The van der Waals surface area contributed by atoms with Crippen molar-refractivity contribution >= 4 is 6.21 Å².